The van der Waals surface area contributed by atoms with E-state index in [2.05, 4.69) is 42.4 Å². The van der Waals surface area contributed by atoms with Crippen molar-refractivity contribution in [1.82, 2.24) is 19.6 Å². The Morgan fingerprint density at radius 2 is 0.868 bits per heavy atom. The molecule has 4 aliphatic rings. The van der Waals surface area contributed by atoms with E-state index in [0.717, 1.165) is 104 Å². The molecule has 2 aliphatic carbocycles. The molecule has 2 aliphatic heterocycles. The molecule has 3 amide bonds. The fourth-order valence-corrected chi connectivity index (χ4v) is 6.42. The van der Waals surface area contributed by atoms with Gasteiger partial charge in [0.25, 0.3) is 0 Å². The summed E-state index contributed by atoms with van der Waals surface area (Å²) >= 11 is 0. The van der Waals surface area contributed by atoms with Gasteiger partial charge in [-0.1, -0.05) is 0 Å². The van der Waals surface area contributed by atoms with Crippen molar-refractivity contribution in [1.29, 1.82) is 0 Å². The van der Waals surface area contributed by atoms with Crippen molar-refractivity contribution >= 4 is 17.7 Å². The summed E-state index contributed by atoms with van der Waals surface area (Å²) in [7, 11) is 0. The van der Waals surface area contributed by atoms with Crippen molar-refractivity contribution in [3.63, 3.8) is 0 Å². The molecule has 0 radical (unpaired) electrons. The van der Waals surface area contributed by atoms with E-state index >= 15 is 0 Å². The highest BCUT2D eigenvalue weighted by atomic mass is 16.2. The molecule has 0 unspecified atom stereocenters. The van der Waals surface area contributed by atoms with Crippen molar-refractivity contribution in [2.24, 2.45) is 29.2 Å². The van der Waals surface area contributed by atoms with Gasteiger partial charge in [-0.05, 0) is 79.1 Å². The van der Waals surface area contributed by atoms with Crippen LogP contribution >= 0.6 is 0 Å². The number of piperazine rings is 2. The van der Waals surface area contributed by atoms with Crippen LogP contribution in [0, 0.1) is 17.8 Å². The van der Waals surface area contributed by atoms with Crippen LogP contribution in [0.2, 0.25) is 0 Å². The minimum Gasteiger partial charge on any atom is -0.369 e. The van der Waals surface area contributed by atoms with Gasteiger partial charge in [0.05, 0.1) is 0 Å². The van der Waals surface area contributed by atoms with Crippen LogP contribution in [-0.2, 0) is 14.4 Å². The van der Waals surface area contributed by atoms with E-state index in [0.29, 0.717) is 24.0 Å². The molecule has 9 nitrogen and oxygen atoms in total. The van der Waals surface area contributed by atoms with Crippen LogP contribution in [0.3, 0.4) is 0 Å². The minimum atomic E-state index is -0.207. The summed E-state index contributed by atoms with van der Waals surface area (Å²) in [6.07, 6.45) is 7.20. The van der Waals surface area contributed by atoms with Gasteiger partial charge >= 0.3 is 0 Å². The topological polar surface area (TPSA) is 116 Å². The number of amides is 3. The third-order valence-electron chi connectivity index (χ3n) is 9.31. The Morgan fingerprint density at radius 3 is 1.18 bits per heavy atom. The van der Waals surface area contributed by atoms with E-state index in [9.17, 15) is 14.4 Å². The first-order valence-corrected chi connectivity index (χ1v) is 15.2. The first kappa shape index (κ1) is 30.8. The molecule has 2 saturated heterocycles. The molecule has 9 heteroatoms. The number of carbonyl (C=O) groups excluding carboxylic acids is 3. The summed E-state index contributed by atoms with van der Waals surface area (Å²) in [5.41, 5.74) is 11.2. The average Bonchev–Trinajstić information content (AvgIpc) is 2.93. The second kappa shape index (κ2) is 14.6. The van der Waals surface area contributed by atoms with Crippen LogP contribution in [0.5, 0.6) is 0 Å². The summed E-state index contributed by atoms with van der Waals surface area (Å²) in [6.45, 7) is 16.3. The number of hydrogen-bond donors (Lipinski definition) is 2. The highest BCUT2D eigenvalue weighted by Crippen LogP contribution is 2.30. The molecule has 218 valence electrons. The SMILES string of the molecule is CC(C)N1CCN(C(=O)[C@H]2CC[C@H](C(N)=O)CC2)CC1.CC(C)N1CCN(C(=O)[C@H]2CC[C@H](N)CC2)CC1. The lowest BCUT2D eigenvalue weighted by Crippen LogP contribution is -2.52. The zero-order chi connectivity index (χ0) is 27.8. The van der Waals surface area contributed by atoms with E-state index in [1.54, 1.807) is 0 Å². The third-order valence-corrected chi connectivity index (χ3v) is 9.31. The molecule has 0 bridgehead atoms. The van der Waals surface area contributed by atoms with Crippen LogP contribution in [0.4, 0.5) is 0 Å². The maximum atomic E-state index is 12.5. The van der Waals surface area contributed by atoms with E-state index in [4.69, 9.17) is 11.5 Å². The van der Waals surface area contributed by atoms with Gasteiger partial charge in [0.1, 0.15) is 0 Å². The standard InChI is InChI=1S/C15H27N3O2.C14H27N3O/c1-11(2)17-7-9-18(10-8-17)15(20)13-5-3-12(4-6-13)14(16)19;1-11(2)16-7-9-17(10-8-16)14(18)12-3-5-13(15)6-4-12/h11-13H,3-10H2,1-2H3,(H2,16,19);11-13H,3-10,15H2,1-2H3/t2*12-,13-. The minimum absolute atomic E-state index is 0.0168. The van der Waals surface area contributed by atoms with Crippen molar-refractivity contribution < 1.29 is 14.4 Å². The average molecular weight is 535 g/mol. The molecule has 0 aromatic heterocycles. The summed E-state index contributed by atoms with van der Waals surface area (Å²) in [5, 5.41) is 0. The van der Waals surface area contributed by atoms with Crippen LogP contribution in [-0.4, -0.2) is 108 Å². The molecule has 2 saturated carbocycles. The van der Waals surface area contributed by atoms with E-state index in [-0.39, 0.29) is 29.6 Å². The number of nitrogens with zero attached hydrogens (tertiary/aromatic N) is 4. The van der Waals surface area contributed by atoms with Crippen molar-refractivity contribution in [2.45, 2.75) is 97.2 Å². The van der Waals surface area contributed by atoms with Gasteiger partial charge in [-0.25, -0.2) is 0 Å². The lowest BCUT2D eigenvalue weighted by atomic mass is 9.81. The van der Waals surface area contributed by atoms with Crippen LogP contribution in [0.1, 0.15) is 79.1 Å². The first-order valence-electron chi connectivity index (χ1n) is 15.2. The molecular weight excluding hydrogens is 480 g/mol. The quantitative estimate of drug-likeness (QED) is 0.556. The van der Waals surface area contributed by atoms with Crippen LogP contribution in [0.25, 0.3) is 0 Å². The van der Waals surface area contributed by atoms with Gasteiger partial charge in [0.2, 0.25) is 17.7 Å². The zero-order valence-corrected chi connectivity index (χ0v) is 24.4. The third kappa shape index (κ3) is 8.65. The van der Waals surface area contributed by atoms with Crippen LogP contribution in [0.15, 0.2) is 0 Å². The maximum absolute atomic E-state index is 12.5. The molecule has 4 rings (SSSR count). The number of rotatable bonds is 5. The van der Waals surface area contributed by atoms with Gasteiger partial charge in [0.15, 0.2) is 0 Å². The molecule has 0 spiro atoms. The summed E-state index contributed by atoms with van der Waals surface area (Å²) in [5.74, 6) is 0.798. The Morgan fingerprint density at radius 1 is 0.553 bits per heavy atom. The number of carbonyl (C=O) groups is 3. The van der Waals surface area contributed by atoms with Gasteiger partial charge in [0, 0.05) is 88.2 Å². The predicted octanol–water partition coefficient (Wildman–Crippen LogP) is 1.89. The molecule has 0 aromatic rings. The lowest BCUT2D eigenvalue weighted by molar-refractivity contribution is -0.140. The first-order chi connectivity index (χ1) is 18.1. The Balaban J connectivity index is 0.000000212. The zero-order valence-electron chi connectivity index (χ0n) is 24.4. The number of nitrogens with two attached hydrogens (primary N) is 2. The van der Waals surface area contributed by atoms with Gasteiger partial charge in [-0.15, -0.1) is 0 Å². The summed E-state index contributed by atoms with van der Waals surface area (Å²) < 4.78 is 0. The van der Waals surface area contributed by atoms with Crippen molar-refractivity contribution in [2.75, 3.05) is 52.4 Å². The molecule has 4 fully saturated rings. The molecule has 38 heavy (non-hydrogen) atoms. The van der Waals surface area contributed by atoms with Crippen LogP contribution < -0.4 is 11.5 Å². The van der Waals surface area contributed by atoms with Crippen molar-refractivity contribution in [3.05, 3.63) is 0 Å². The highest BCUT2D eigenvalue weighted by molar-refractivity contribution is 5.80. The highest BCUT2D eigenvalue weighted by Gasteiger charge is 2.33. The van der Waals surface area contributed by atoms with E-state index in [1.807, 2.05) is 4.90 Å². The molecule has 0 atom stereocenters. The Hall–Kier alpha value is -1.71. The molecule has 4 N–H and O–H groups in total. The fraction of sp³-hybridized carbons (Fsp3) is 0.897. The fourth-order valence-electron chi connectivity index (χ4n) is 6.42. The second-order valence-electron chi connectivity index (χ2n) is 12.5. The smallest absolute Gasteiger partial charge is 0.225 e. The molecule has 2 heterocycles. The number of hydrogen-bond acceptors (Lipinski definition) is 6. The predicted molar refractivity (Wildman–Crippen MR) is 151 cm³/mol. The maximum Gasteiger partial charge on any atom is 0.225 e. The Labute approximate surface area is 230 Å². The monoisotopic (exact) mass is 534 g/mol. The molecular formula is C29H54N6O3. The van der Waals surface area contributed by atoms with E-state index in [1.165, 1.54) is 0 Å². The van der Waals surface area contributed by atoms with Gasteiger partial charge < -0.3 is 21.3 Å². The van der Waals surface area contributed by atoms with Gasteiger partial charge in [-0.3, -0.25) is 24.2 Å². The lowest BCUT2D eigenvalue weighted by Gasteiger charge is -2.39. The largest absolute Gasteiger partial charge is 0.369 e. The Bertz CT molecular complexity index is 758. The number of primary amides is 1. The van der Waals surface area contributed by atoms with E-state index < -0.39 is 0 Å². The summed E-state index contributed by atoms with van der Waals surface area (Å²) in [6, 6.07) is 1.47. The second-order valence-corrected chi connectivity index (χ2v) is 12.5. The molecule has 0 aromatic carbocycles. The van der Waals surface area contributed by atoms with Crippen molar-refractivity contribution in [3.8, 4) is 0 Å². The normalized spacial score (nSPS) is 29.7. The van der Waals surface area contributed by atoms with Gasteiger partial charge in [-0.2, -0.15) is 0 Å². The Kier molecular flexibility index (Phi) is 11.9. The summed E-state index contributed by atoms with van der Waals surface area (Å²) in [4.78, 5) is 45.0.